The molecule has 1 aromatic rings. The standard InChI is InChI=1S/C12H15N3O2/c1-3-7-14(4-2)11-5-6-12(15(16)17)10(8-11)9-13/h5-6,8H,3-4,7H2,1-2H3. The van der Waals surface area contributed by atoms with Crippen LogP contribution in [-0.4, -0.2) is 18.0 Å². The van der Waals surface area contributed by atoms with Crippen molar-refractivity contribution in [1.82, 2.24) is 0 Å². The molecule has 0 aliphatic carbocycles. The molecule has 0 spiro atoms. The quantitative estimate of drug-likeness (QED) is 0.579. The van der Waals surface area contributed by atoms with Gasteiger partial charge >= 0.3 is 0 Å². The Kier molecular flexibility index (Phi) is 4.46. The van der Waals surface area contributed by atoms with Gasteiger partial charge in [0.05, 0.1) is 4.92 Å². The van der Waals surface area contributed by atoms with Gasteiger partial charge in [-0.05, 0) is 25.5 Å². The van der Waals surface area contributed by atoms with Crippen molar-refractivity contribution in [2.45, 2.75) is 20.3 Å². The Bertz CT molecular complexity index is 452. The zero-order valence-electron chi connectivity index (χ0n) is 10.0. The smallest absolute Gasteiger partial charge is 0.287 e. The second-order valence-electron chi connectivity index (χ2n) is 3.65. The van der Waals surface area contributed by atoms with Gasteiger partial charge in [-0.15, -0.1) is 0 Å². The fourth-order valence-corrected chi connectivity index (χ4v) is 1.71. The highest BCUT2D eigenvalue weighted by Gasteiger charge is 2.15. The van der Waals surface area contributed by atoms with E-state index in [1.54, 1.807) is 12.1 Å². The summed E-state index contributed by atoms with van der Waals surface area (Å²) in [5, 5.41) is 19.6. The Balaban J connectivity index is 3.13. The van der Waals surface area contributed by atoms with E-state index in [-0.39, 0.29) is 11.3 Å². The number of benzene rings is 1. The lowest BCUT2D eigenvalue weighted by molar-refractivity contribution is -0.385. The first-order chi connectivity index (χ1) is 8.13. The van der Waals surface area contributed by atoms with Gasteiger partial charge in [0.25, 0.3) is 5.69 Å². The average molecular weight is 233 g/mol. The second-order valence-corrected chi connectivity index (χ2v) is 3.65. The molecular weight excluding hydrogens is 218 g/mol. The summed E-state index contributed by atoms with van der Waals surface area (Å²) in [4.78, 5) is 12.3. The van der Waals surface area contributed by atoms with Gasteiger partial charge in [-0.2, -0.15) is 5.26 Å². The number of nitro benzene ring substituents is 1. The maximum Gasteiger partial charge on any atom is 0.287 e. The number of anilines is 1. The second kappa shape index (κ2) is 5.85. The molecule has 0 radical (unpaired) electrons. The van der Waals surface area contributed by atoms with Crippen LogP contribution in [0.2, 0.25) is 0 Å². The minimum atomic E-state index is -0.529. The van der Waals surface area contributed by atoms with E-state index in [1.165, 1.54) is 6.07 Å². The van der Waals surface area contributed by atoms with Gasteiger partial charge in [-0.3, -0.25) is 10.1 Å². The highest BCUT2D eigenvalue weighted by molar-refractivity contribution is 5.59. The minimum absolute atomic E-state index is 0.113. The zero-order valence-corrected chi connectivity index (χ0v) is 10.0. The van der Waals surface area contributed by atoms with Gasteiger partial charge in [-0.25, -0.2) is 0 Å². The van der Waals surface area contributed by atoms with Crippen LogP contribution in [0.25, 0.3) is 0 Å². The topological polar surface area (TPSA) is 70.2 Å². The Morgan fingerprint density at radius 2 is 2.18 bits per heavy atom. The van der Waals surface area contributed by atoms with Crippen molar-refractivity contribution in [3.63, 3.8) is 0 Å². The summed E-state index contributed by atoms with van der Waals surface area (Å²) in [6.07, 6.45) is 0.993. The van der Waals surface area contributed by atoms with E-state index in [1.807, 2.05) is 13.0 Å². The molecule has 17 heavy (non-hydrogen) atoms. The molecule has 5 nitrogen and oxygen atoms in total. The highest BCUT2D eigenvalue weighted by atomic mass is 16.6. The minimum Gasteiger partial charge on any atom is -0.372 e. The molecule has 0 aliphatic rings. The van der Waals surface area contributed by atoms with E-state index >= 15 is 0 Å². The molecule has 5 heteroatoms. The largest absolute Gasteiger partial charge is 0.372 e. The molecule has 0 unspecified atom stereocenters. The number of rotatable bonds is 5. The zero-order chi connectivity index (χ0) is 12.8. The lowest BCUT2D eigenvalue weighted by atomic mass is 10.1. The molecule has 0 atom stereocenters. The summed E-state index contributed by atoms with van der Waals surface area (Å²) in [5.41, 5.74) is 0.836. The van der Waals surface area contributed by atoms with Gasteiger partial charge in [0.15, 0.2) is 0 Å². The van der Waals surface area contributed by atoms with Crippen LogP contribution in [0.1, 0.15) is 25.8 Å². The van der Waals surface area contributed by atoms with Crippen molar-refractivity contribution in [3.8, 4) is 6.07 Å². The molecule has 0 amide bonds. The first kappa shape index (κ1) is 13.0. The Hall–Kier alpha value is -2.09. The van der Waals surface area contributed by atoms with E-state index in [0.29, 0.717) is 0 Å². The summed E-state index contributed by atoms with van der Waals surface area (Å²) < 4.78 is 0. The fraction of sp³-hybridized carbons (Fsp3) is 0.417. The maximum absolute atomic E-state index is 10.7. The van der Waals surface area contributed by atoms with Crippen molar-refractivity contribution in [3.05, 3.63) is 33.9 Å². The molecule has 0 fully saturated rings. The van der Waals surface area contributed by atoms with E-state index < -0.39 is 4.92 Å². The van der Waals surface area contributed by atoms with Crippen molar-refractivity contribution in [2.24, 2.45) is 0 Å². The number of nitrogens with zero attached hydrogens (tertiary/aromatic N) is 3. The lowest BCUT2D eigenvalue weighted by Gasteiger charge is -2.22. The van der Waals surface area contributed by atoms with E-state index in [9.17, 15) is 10.1 Å². The molecule has 0 saturated carbocycles. The van der Waals surface area contributed by atoms with Crippen LogP contribution in [0.3, 0.4) is 0 Å². The predicted octanol–water partition coefficient (Wildman–Crippen LogP) is 2.70. The van der Waals surface area contributed by atoms with Gasteiger partial charge in [0.2, 0.25) is 0 Å². The van der Waals surface area contributed by atoms with E-state index in [2.05, 4.69) is 11.8 Å². The van der Waals surface area contributed by atoms with Gasteiger partial charge in [0, 0.05) is 24.8 Å². The van der Waals surface area contributed by atoms with Crippen LogP contribution < -0.4 is 4.90 Å². The van der Waals surface area contributed by atoms with Gasteiger partial charge < -0.3 is 4.90 Å². The maximum atomic E-state index is 10.7. The summed E-state index contributed by atoms with van der Waals surface area (Å²) in [7, 11) is 0. The molecular formula is C12H15N3O2. The van der Waals surface area contributed by atoms with Gasteiger partial charge in [-0.1, -0.05) is 6.92 Å². The van der Waals surface area contributed by atoms with Crippen LogP contribution in [0, 0.1) is 21.4 Å². The Morgan fingerprint density at radius 1 is 1.47 bits per heavy atom. The molecule has 90 valence electrons. The van der Waals surface area contributed by atoms with Crippen LogP contribution in [0.15, 0.2) is 18.2 Å². The Labute approximate surface area is 100 Å². The van der Waals surface area contributed by atoms with Crippen LogP contribution in [0.4, 0.5) is 11.4 Å². The molecule has 0 N–H and O–H groups in total. The summed E-state index contributed by atoms with van der Waals surface area (Å²) in [6.45, 7) is 5.78. The Morgan fingerprint density at radius 3 is 2.65 bits per heavy atom. The molecule has 1 rings (SSSR count). The van der Waals surface area contributed by atoms with E-state index in [4.69, 9.17) is 5.26 Å². The average Bonchev–Trinajstić information content (AvgIpc) is 2.34. The summed E-state index contributed by atoms with van der Waals surface area (Å²) in [5.74, 6) is 0. The molecule has 0 saturated heterocycles. The molecule has 0 bridgehead atoms. The number of nitriles is 1. The molecule has 1 aromatic carbocycles. The molecule has 0 aromatic heterocycles. The van der Waals surface area contributed by atoms with Crippen LogP contribution >= 0.6 is 0 Å². The third-order valence-corrected chi connectivity index (χ3v) is 2.54. The molecule has 0 aliphatic heterocycles. The lowest BCUT2D eigenvalue weighted by Crippen LogP contribution is -2.23. The van der Waals surface area contributed by atoms with Gasteiger partial charge in [0.1, 0.15) is 11.6 Å². The first-order valence-corrected chi connectivity index (χ1v) is 5.57. The SMILES string of the molecule is CCCN(CC)c1ccc([N+](=O)[O-])c(C#N)c1. The summed E-state index contributed by atoms with van der Waals surface area (Å²) >= 11 is 0. The van der Waals surface area contributed by atoms with Crippen molar-refractivity contribution in [1.29, 1.82) is 5.26 Å². The predicted molar refractivity (Wildman–Crippen MR) is 66.0 cm³/mol. The highest BCUT2D eigenvalue weighted by Crippen LogP contribution is 2.24. The number of nitro groups is 1. The van der Waals surface area contributed by atoms with E-state index in [0.717, 1.165) is 25.2 Å². The fourth-order valence-electron chi connectivity index (χ4n) is 1.71. The van der Waals surface area contributed by atoms with Crippen molar-refractivity contribution < 1.29 is 4.92 Å². The normalized spacial score (nSPS) is 9.71. The number of hydrogen-bond donors (Lipinski definition) is 0. The van der Waals surface area contributed by atoms with Crippen LogP contribution in [-0.2, 0) is 0 Å². The number of hydrogen-bond acceptors (Lipinski definition) is 4. The first-order valence-electron chi connectivity index (χ1n) is 5.57. The third kappa shape index (κ3) is 2.94. The summed E-state index contributed by atoms with van der Waals surface area (Å²) in [6, 6.07) is 6.54. The van der Waals surface area contributed by atoms with Crippen LogP contribution in [0.5, 0.6) is 0 Å². The monoisotopic (exact) mass is 233 g/mol. The van der Waals surface area contributed by atoms with Crippen molar-refractivity contribution >= 4 is 11.4 Å². The third-order valence-electron chi connectivity index (χ3n) is 2.54. The van der Waals surface area contributed by atoms with Crippen molar-refractivity contribution in [2.75, 3.05) is 18.0 Å². The molecule has 0 heterocycles.